The van der Waals surface area contributed by atoms with Gasteiger partial charge < -0.3 is 15.1 Å². The van der Waals surface area contributed by atoms with E-state index in [0.29, 0.717) is 11.3 Å². The fourth-order valence-electron chi connectivity index (χ4n) is 1.47. The highest BCUT2D eigenvalue weighted by atomic mass is 32.1. The van der Waals surface area contributed by atoms with Crippen LogP contribution in [0.25, 0.3) is 0 Å². The van der Waals surface area contributed by atoms with Gasteiger partial charge in [0.1, 0.15) is 13.1 Å². The van der Waals surface area contributed by atoms with E-state index in [1.807, 2.05) is 6.92 Å². The summed E-state index contributed by atoms with van der Waals surface area (Å²) in [6.07, 6.45) is 0.637. The maximum atomic E-state index is 12.1. The topological polar surface area (TPSA) is 94.9 Å². The normalized spacial score (nSPS) is 10.1. The molecule has 1 aromatic heterocycles. The average Bonchev–Trinajstić information content (AvgIpc) is 2.73. The van der Waals surface area contributed by atoms with Crippen molar-refractivity contribution in [3.05, 3.63) is 21.9 Å². The largest absolute Gasteiger partial charge is 0.480 e. The van der Waals surface area contributed by atoms with Gasteiger partial charge in [-0.15, -0.1) is 11.3 Å². The third-order valence-corrected chi connectivity index (χ3v) is 3.21. The van der Waals surface area contributed by atoms with E-state index in [0.717, 1.165) is 10.5 Å². The number of aliphatic carboxylic acids is 2. The number of hydrogen-bond acceptors (Lipinski definition) is 4. The highest BCUT2D eigenvalue weighted by Gasteiger charge is 2.23. The number of nitrogens with zero attached hydrogens (tertiary/aromatic N) is 1. The van der Waals surface area contributed by atoms with Crippen molar-refractivity contribution in [3.63, 3.8) is 0 Å². The maximum absolute atomic E-state index is 12.1. The molecule has 0 saturated carbocycles. The number of aryl methyl sites for hydroxylation is 1. The molecular weight excluding hydrogens is 258 g/mol. The Balaban J connectivity index is 2.94. The Morgan fingerprint density at radius 2 is 1.78 bits per heavy atom. The minimum atomic E-state index is -1.24. The number of carbonyl (C=O) groups excluding carboxylic acids is 1. The molecule has 0 aliphatic carbocycles. The second kappa shape index (κ2) is 6.15. The second-order valence-corrected chi connectivity index (χ2v) is 4.49. The molecule has 6 nitrogen and oxygen atoms in total. The first-order chi connectivity index (χ1) is 8.45. The average molecular weight is 271 g/mol. The summed E-state index contributed by atoms with van der Waals surface area (Å²) in [5, 5.41) is 19.1. The molecule has 0 radical (unpaired) electrons. The Morgan fingerprint density at radius 3 is 2.22 bits per heavy atom. The lowest BCUT2D eigenvalue weighted by atomic mass is 10.2. The van der Waals surface area contributed by atoms with Gasteiger partial charge in [-0.3, -0.25) is 14.4 Å². The molecule has 0 aliphatic rings. The third-order valence-electron chi connectivity index (χ3n) is 2.26. The SMILES string of the molecule is CCc1ccsc1C(=O)N(CC(=O)O)CC(=O)O. The Hall–Kier alpha value is -1.89. The zero-order chi connectivity index (χ0) is 13.7. The van der Waals surface area contributed by atoms with Gasteiger partial charge in [0.15, 0.2) is 0 Å². The van der Waals surface area contributed by atoms with Crippen molar-refractivity contribution in [3.8, 4) is 0 Å². The number of carbonyl (C=O) groups is 3. The van der Waals surface area contributed by atoms with Crippen LogP contribution in [-0.4, -0.2) is 46.0 Å². The van der Waals surface area contributed by atoms with Crippen LogP contribution in [0.1, 0.15) is 22.2 Å². The van der Waals surface area contributed by atoms with Gasteiger partial charge in [0.2, 0.25) is 0 Å². The van der Waals surface area contributed by atoms with Crippen LogP contribution >= 0.6 is 11.3 Å². The van der Waals surface area contributed by atoms with Gasteiger partial charge in [-0.05, 0) is 23.4 Å². The summed E-state index contributed by atoms with van der Waals surface area (Å²) in [6.45, 7) is 0.635. The van der Waals surface area contributed by atoms with E-state index in [-0.39, 0.29) is 0 Å². The van der Waals surface area contributed by atoms with E-state index in [1.165, 1.54) is 11.3 Å². The molecule has 2 N–H and O–H groups in total. The summed E-state index contributed by atoms with van der Waals surface area (Å²) >= 11 is 1.19. The zero-order valence-electron chi connectivity index (χ0n) is 9.75. The summed E-state index contributed by atoms with van der Waals surface area (Å²) in [6, 6.07) is 1.78. The van der Waals surface area contributed by atoms with E-state index in [2.05, 4.69) is 0 Å². The second-order valence-electron chi connectivity index (χ2n) is 3.58. The molecule has 0 atom stereocenters. The molecule has 1 rings (SSSR count). The van der Waals surface area contributed by atoms with Crippen molar-refractivity contribution < 1.29 is 24.6 Å². The van der Waals surface area contributed by atoms with Crippen LogP contribution in [0.4, 0.5) is 0 Å². The smallest absolute Gasteiger partial charge is 0.323 e. The van der Waals surface area contributed by atoms with Crippen LogP contribution in [0.2, 0.25) is 0 Å². The van der Waals surface area contributed by atoms with Crippen LogP contribution < -0.4 is 0 Å². The standard InChI is InChI=1S/C11H13NO5S/c1-2-7-3-4-18-10(7)11(17)12(5-8(13)14)6-9(15)16/h3-4H,2,5-6H2,1H3,(H,13,14)(H,15,16). The van der Waals surface area contributed by atoms with Crippen molar-refractivity contribution in [1.29, 1.82) is 0 Å². The van der Waals surface area contributed by atoms with E-state index < -0.39 is 30.9 Å². The molecule has 1 aromatic rings. The van der Waals surface area contributed by atoms with Crippen molar-refractivity contribution >= 4 is 29.2 Å². The van der Waals surface area contributed by atoms with Crippen molar-refractivity contribution in [2.45, 2.75) is 13.3 Å². The van der Waals surface area contributed by atoms with Gasteiger partial charge in [0, 0.05) is 0 Å². The summed E-state index contributed by atoms with van der Waals surface area (Å²) < 4.78 is 0. The molecule has 0 spiro atoms. The molecule has 0 saturated heterocycles. The molecule has 1 heterocycles. The Kier molecular flexibility index (Phi) is 4.85. The molecule has 0 fully saturated rings. The predicted octanol–water partition coefficient (Wildman–Crippen LogP) is 0.922. The molecule has 0 aromatic carbocycles. The lowest BCUT2D eigenvalue weighted by Gasteiger charge is -2.18. The highest BCUT2D eigenvalue weighted by molar-refractivity contribution is 7.12. The number of hydrogen-bond donors (Lipinski definition) is 2. The highest BCUT2D eigenvalue weighted by Crippen LogP contribution is 2.19. The fraction of sp³-hybridized carbons (Fsp3) is 0.364. The van der Waals surface area contributed by atoms with Crippen LogP contribution in [0.15, 0.2) is 11.4 Å². The first-order valence-corrected chi connectivity index (χ1v) is 6.12. The van der Waals surface area contributed by atoms with E-state index >= 15 is 0 Å². The molecule has 0 bridgehead atoms. The maximum Gasteiger partial charge on any atom is 0.323 e. The van der Waals surface area contributed by atoms with Crippen LogP contribution in [-0.2, 0) is 16.0 Å². The summed E-state index contributed by atoms with van der Waals surface area (Å²) in [7, 11) is 0. The third kappa shape index (κ3) is 3.56. The summed E-state index contributed by atoms with van der Waals surface area (Å²) in [5.74, 6) is -3.02. The van der Waals surface area contributed by atoms with Crippen LogP contribution in [0.3, 0.4) is 0 Å². The molecule has 0 aliphatic heterocycles. The van der Waals surface area contributed by atoms with Gasteiger partial charge in [-0.25, -0.2) is 0 Å². The lowest BCUT2D eigenvalue weighted by molar-refractivity contribution is -0.140. The van der Waals surface area contributed by atoms with E-state index in [1.54, 1.807) is 11.4 Å². The molecular formula is C11H13NO5S. The number of carboxylic acids is 2. The minimum absolute atomic E-state index is 0.403. The minimum Gasteiger partial charge on any atom is -0.480 e. The Morgan fingerprint density at radius 1 is 1.22 bits per heavy atom. The van der Waals surface area contributed by atoms with Gasteiger partial charge in [0.25, 0.3) is 5.91 Å². The molecule has 98 valence electrons. The van der Waals surface area contributed by atoms with Gasteiger partial charge in [-0.1, -0.05) is 6.92 Å². The number of carboxylic acid groups (broad SMARTS) is 2. The van der Waals surface area contributed by atoms with Crippen LogP contribution in [0.5, 0.6) is 0 Å². The quantitative estimate of drug-likeness (QED) is 0.802. The van der Waals surface area contributed by atoms with Crippen molar-refractivity contribution in [1.82, 2.24) is 4.90 Å². The Bertz CT molecular complexity index is 452. The number of rotatable bonds is 6. The first kappa shape index (κ1) is 14.2. The fourth-order valence-corrected chi connectivity index (χ4v) is 2.43. The number of thiophene rings is 1. The molecule has 18 heavy (non-hydrogen) atoms. The number of amides is 1. The monoisotopic (exact) mass is 271 g/mol. The van der Waals surface area contributed by atoms with Gasteiger partial charge >= 0.3 is 11.9 Å². The molecule has 1 amide bonds. The van der Waals surface area contributed by atoms with Crippen LogP contribution in [0, 0.1) is 0 Å². The van der Waals surface area contributed by atoms with Crippen molar-refractivity contribution in [2.24, 2.45) is 0 Å². The van der Waals surface area contributed by atoms with Crippen molar-refractivity contribution in [2.75, 3.05) is 13.1 Å². The molecule has 0 unspecified atom stereocenters. The summed E-state index contributed by atoms with van der Waals surface area (Å²) in [4.78, 5) is 34.6. The van der Waals surface area contributed by atoms with Gasteiger partial charge in [-0.2, -0.15) is 0 Å². The zero-order valence-corrected chi connectivity index (χ0v) is 10.6. The molecule has 7 heteroatoms. The first-order valence-electron chi connectivity index (χ1n) is 5.25. The lowest BCUT2D eigenvalue weighted by Crippen LogP contribution is -2.39. The summed E-state index contributed by atoms with van der Waals surface area (Å²) in [5.41, 5.74) is 0.797. The van der Waals surface area contributed by atoms with E-state index in [4.69, 9.17) is 10.2 Å². The van der Waals surface area contributed by atoms with Gasteiger partial charge in [0.05, 0.1) is 4.88 Å². The van der Waals surface area contributed by atoms with E-state index in [9.17, 15) is 14.4 Å². The Labute approximate surface area is 107 Å². The predicted molar refractivity (Wildman–Crippen MR) is 64.9 cm³/mol.